The Labute approximate surface area is 150 Å². The number of ether oxygens (including phenoxy) is 2. The van der Waals surface area contributed by atoms with Gasteiger partial charge in [-0.1, -0.05) is 36.8 Å². The van der Waals surface area contributed by atoms with Gasteiger partial charge in [0.25, 0.3) is 5.91 Å². The van der Waals surface area contributed by atoms with Crippen LogP contribution < -0.4 is 14.8 Å². The Balaban J connectivity index is 1.79. The first-order valence-electron chi connectivity index (χ1n) is 8.70. The average Bonchev–Trinajstić information content (AvgIpc) is 2.58. The Hall–Kier alpha value is -2.49. The predicted octanol–water partition coefficient (Wildman–Crippen LogP) is 3.96. The number of carbonyl (C=O) groups excluding carboxylic acids is 1. The molecule has 1 unspecified atom stereocenters. The fourth-order valence-corrected chi connectivity index (χ4v) is 2.59. The average molecular weight is 341 g/mol. The predicted molar refractivity (Wildman–Crippen MR) is 100 cm³/mol. The van der Waals surface area contributed by atoms with E-state index >= 15 is 0 Å². The minimum absolute atomic E-state index is 0.117. The van der Waals surface area contributed by atoms with Crippen LogP contribution in [-0.4, -0.2) is 25.2 Å². The van der Waals surface area contributed by atoms with Crippen LogP contribution in [0.15, 0.2) is 42.5 Å². The van der Waals surface area contributed by atoms with Crippen molar-refractivity contribution in [1.82, 2.24) is 5.32 Å². The third-order valence-corrected chi connectivity index (χ3v) is 3.92. The molecule has 0 radical (unpaired) electrons. The largest absolute Gasteiger partial charge is 0.491 e. The summed E-state index contributed by atoms with van der Waals surface area (Å²) in [7, 11) is 0. The summed E-state index contributed by atoms with van der Waals surface area (Å²) in [4.78, 5) is 12.3. The van der Waals surface area contributed by atoms with Crippen LogP contribution in [0.4, 0.5) is 0 Å². The van der Waals surface area contributed by atoms with Crippen molar-refractivity contribution < 1.29 is 14.3 Å². The maximum absolute atomic E-state index is 12.3. The molecule has 4 nitrogen and oxygen atoms in total. The zero-order valence-electron chi connectivity index (χ0n) is 15.5. The highest BCUT2D eigenvalue weighted by Gasteiger charge is 2.17. The van der Waals surface area contributed by atoms with Crippen molar-refractivity contribution in [3.63, 3.8) is 0 Å². The molecule has 0 bridgehead atoms. The van der Waals surface area contributed by atoms with Crippen molar-refractivity contribution >= 4 is 5.91 Å². The van der Waals surface area contributed by atoms with Gasteiger partial charge in [0.05, 0.1) is 6.54 Å². The maximum atomic E-state index is 12.3. The molecule has 0 fully saturated rings. The molecule has 25 heavy (non-hydrogen) atoms. The SMILES string of the molecule is CCC(Oc1cccc(C)c1)C(=O)NCCOc1ccc(C)cc1C. The van der Waals surface area contributed by atoms with Gasteiger partial charge in [0.15, 0.2) is 6.10 Å². The number of hydrogen-bond acceptors (Lipinski definition) is 3. The smallest absolute Gasteiger partial charge is 0.261 e. The summed E-state index contributed by atoms with van der Waals surface area (Å²) in [5, 5.41) is 2.88. The minimum Gasteiger partial charge on any atom is -0.491 e. The molecular formula is C21H27NO3. The third-order valence-electron chi connectivity index (χ3n) is 3.92. The van der Waals surface area contributed by atoms with Crippen LogP contribution in [0.2, 0.25) is 0 Å². The van der Waals surface area contributed by atoms with Gasteiger partial charge in [-0.3, -0.25) is 4.79 Å². The van der Waals surface area contributed by atoms with Gasteiger partial charge in [0.1, 0.15) is 18.1 Å². The summed E-state index contributed by atoms with van der Waals surface area (Å²) in [6.45, 7) is 8.88. The van der Waals surface area contributed by atoms with E-state index in [1.54, 1.807) is 0 Å². The fraction of sp³-hybridized carbons (Fsp3) is 0.381. The Bertz CT molecular complexity index is 712. The minimum atomic E-state index is -0.497. The first kappa shape index (κ1) is 18.8. The van der Waals surface area contributed by atoms with Crippen LogP contribution in [0.25, 0.3) is 0 Å². The molecule has 134 valence electrons. The monoisotopic (exact) mass is 341 g/mol. The lowest BCUT2D eigenvalue weighted by atomic mass is 10.1. The Kier molecular flexibility index (Phi) is 6.87. The molecule has 0 aliphatic rings. The summed E-state index contributed by atoms with van der Waals surface area (Å²) in [6.07, 6.45) is 0.112. The van der Waals surface area contributed by atoms with E-state index in [4.69, 9.17) is 9.47 Å². The van der Waals surface area contributed by atoms with Crippen LogP contribution in [0.5, 0.6) is 11.5 Å². The first-order chi connectivity index (χ1) is 12.0. The molecule has 0 aliphatic heterocycles. The topological polar surface area (TPSA) is 47.6 Å². The summed E-state index contributed by atoms with van der Waals surface area (Å²) in [5.41, 5.74) is 3.41. The standard InChI is InChI=1S/C21H27NO3/c1-5-19(25-18-8-6-7-15(2)14-18)21(23)22-11-12-24-20-10-9-16(3)13-17(20)4/h6-10,13-14,19H,5,11-12H2,1-4H3,(H,22,23). The second-order valence-corrected chi connectivity index (χ2v) is 6.24. The zero-order valence-corrected chi connectivity index (χ0v) is 15.5. The van der Waals surface area contributed by atoms with E-state index in [2.05, 4.69) is 18.3 Å². The molecule has 2 aromatic rings. The van der Waals surface area contributed by atoms with E-state index in [1.165, 1.54) is 5.56 Å². The molecule has 0 aliphatic carbocycles. The van der Waals surface area contributed by atoms with Crippen molar-refractivity contribution in [2.24, 2.45) is 0 Å². The summed E-state index contributed by atoms with van der Waals surface area (Å²) >= 11 is 0. The van der Waals surface area contributed by atoms with Crippen molar-refractivity contribution in [2.75, 3.05) is 13.2 Å². The number of benzene rings is 2. The maximum Gasteiger partial charge on any atom is 0.261 e. The number of carbonyl (C=O) groups is 1. The third kappa shape index (κ3) is 5.82. The molecule has 1 N–H and O–H groups in total. The summed E-state index contributed by atoms with van der Waals surface area (Å²) < 4.78 is 11.5. The number of hydrogen-bond donors (Lipinski definition) is 1. The van der Waals surface area contributed by atoms with E-state index in [0.717, 1.165) is 16.9 Å². The van der Waals surface area contributed by atoms with Gasteiger partial charge in [-0.15, -0.1) is 0 Å². The van der Waals surface area contributed by atoms with Crippen LogP contribution in [0, 0.1) is 20.8 Å². The zero-order chi connectivity index (χ0) is 18.2. The molecule has 1 atom stereocenters. The second kappa shape index (κ2) is 9.11. The van der Waals surface area contributed by atoms with E-state index < -0.39 is 6.10 Å². The molecule has 0 spiro atoms. The van der Waals surface area contributed by atoms with E-state index in [9.17, 15) is 4.79 Å². The highest BCUT2D eigenvalue weighted by molar-refractivity contribution is 5.81. The molecule has 2 rings (SSSR count). The lowest BCUT2D eigenvalue weighted by Gasteiger charge is -2.18. The first-order valence-corrected chi connectivity index (χ1v) is 8.70. The highest BCUT2D eigenvalue weighted by Crippen LogP contribution is 2.18. The van der Waals surface area contributed by atoms with Gasteiger partial charge < -0.3 is 14.8 Å². The number of nitrogens with one attached hydrogen (secondary N) is 1. The van der Waals surface area contributed by atoms with Crippen LogP contribution in [0.1, 0.15) is 30.0 Å². The fourth-order valence-electron chi connectivity index (χ4n) is 2.59. The van der Waals surface area contributed by atoms with Gasteiger partial charge >= 0.3 is 0 Å². The van der Waals surface area contributed by atoms with Gasteiger partial charge in [0.2, 0.25) is 0 Å². The van der Waals surface area contributed by atoms with Crippen molar-refractivity contribution in [3.8, 4) is 11.5 Å². The number of rotatable bonds is 8. The summed E-state index contributed by atoms with van der Waals surface area (Å²) in [6, 6.07) is 13.8. The molecule has 0 heterocycles. The van der Waals surface area contributed by atoms with Crippen molar-refractivity contribution in [3.05, 3.63) is 59.2 Å². The Morgan fingerprint density at radius 2 is 1.84 bits per heavy atom. The number of amides is 1. The number of aryl methyl sites for hydroxylation is 3. The van der Waals surface area contributed by atoms with Gasteiger partial charge in [-0.05, 0) is 56.5 Å². The van der Waals surface area contributed by atoms with Gasteiger partial charge in [-0.2, -0.15) is 0 Å². The highest BCUT2D eigenvalue weighted by atomic mass is 16.5. The van der Waals surface area contributed by atoms with Gasteiger partial charge in [-0.25, -0.2) is 0 Å². The molecule has 1 amide bonds. The normalized spacial score (nSPS) is 11.7. The second-order valence-electron chi connectivity index (χ2n) is 6.24. The molecule has 0 saturated carbocycles. The van der Waals surface area contributed by atoms with Crippen LogP contribution in [-0.2, 0) is 4.79 Å². The van der Waals surface area contributed by atoms with Crippen LogP contribution >= 0.6 is 0 Å². The van der Waals surface area contributed by atoms with Crippen molar-refractivity contribution in [1.29, 1.82) is 0 Å². The van der Waals surface area contributed by atoms with Gasteiger partial charge in [0, 0.05) is 0 Å². The molecule has 2 aromatic carbocycles. The molecule has 0 saturated heterocycles. The quantitative estimate of drug-likeness (QED) is 0.739. The summed E-state index contributed by atoms with van der Waals surface area (Å²) in [5.74, 6) is 1.45. The van der Waals surface area contributed by atoms with Crippen LogP contribution in [0.3, 0.4) is 0 Å². The van der Waals surface area contributed by atoms with E-state index in [0.29, 0.717) is 25.3 Å². The Morgan fingerprint density at radius 3 is 2.52 bits per heavy atom. The molecule has 0 aromatic heterocycles. The van der Waals surface area contributed by atoms with Crippen molar-refractivity contribution in [2.45, 2.75) is 40.2 Å². The Morgan fingerprint density at radius 1 is 1.08 bits per heavy atom. The van der Waals surface area contributed by atoms with E-state index in [-0.39, 0.29) is 5.91 Å². The molecule has 4 heteroatoms. The van der Waals surface area contributed by atoms with E-state index in [1.807, 2.05) is 57.2 Å². The lowest BCUT2D eigenvalue weighted by molar-refractivity contribution is -0.128. The molecular weight excluding hydrogens is 314 g/mol. The lowest BCUT2D eigenvalue weighted by Crippen LogP contribution is -2.39.